The molecule has 0 bridgehead atoms. The van der Waals surface area contributed by atoms with Crippen molar-refractivity contribution in [2.75, 3.05) is 0 Å². The lowest BCUT2D eigenvalue weighted by atomic mass is 9.92. The van der Waals surface area contributed by atoms with E-state index in [0.29, 0.717) is 12.1 Å². The Morgan fingerprint density at radius 3 is 2.67 bits per heavy atom. The van der Waals surface area contributed by atoms with Crippen LogP contribution in [0.25, 0.3) is 0 Å². The Morgan fingerprint density at radius 2 is 2.22 bits per heavy atom. The van der Waals surface area contributed by atoms with Crippen molar-refractivity contribution < 1.29 is 0 Å². The Balaban J connectivity index is 2.23. The van der Waals surface area contributed by atoms with E-state index in [1.54, 1.807) is 0 Å². The summed E-state index contributed by atoms with van der Waals surface area (Å²) >= 11 is 2.21. The summed E-state index contributed by atoms with van der Waals surface area (Å²) in [5.41, 5.74) is 5.76. The molecule has 0 aliphatic heterocycles. The number of rotatable bonds is 1. The van der Waals surface area contributed by atoms with Crippen molar-refractivity contribution in [1.29, 1.82) is 0 Å². The van der Waals surface area contributed by atoms with Gasteiger partial charge in [0.05, 0.1) is 0 Å². The molecule has 0 aromatic carbocycles. The number of nitrogens with one attached hydrogen (secondary N) is 1. The molecular formula is C6H13IN2. The van der Waals surface area contributed by atoms with E-state index in [0.717, 1.165) is 6.42 Å². The third kappa shape index (κ3) is 2.39. The van der Waals surface area contributed by atoms with Gasteiger partial charge >= 0.3 is 0 Å². The topological polar surface area (TPSA) is 38.0 Å². The molecule has 2 nitrogen and oxygen atoms in total. The molecule has 2 unspecified atom stereocenters. The third-order valence-corrected chi connectivity index (χ3v) is 2.75. The summed E-state index contributed by atoms with van der Waals surface area (Å²) in [4.78, 5) is 0. The Labute approximate surface area is 70.1 Å². The van der Waals surface area contributed by atoms with Gasteiger partial charge in [-0.2, -0.15) is 0 Å². The van der Waals surface area contributed by atoms with Crippen LogP contribution < -0.4 is 9.26 Å². The van der Waals surface area contributed by atoms with E-state index in [-0.39, 0.29) is 0 Å². The molecule has 3 heteroatoms. The van der Waals surface area contributed by atoms with Crippen molar-refractivity contribution in [3.8, 4) is 0 Å². The number of hydrogen-bond donors (Lipinski definition) is 2. The highest BCUT2D eigenvalue weighted by atomic mass is 127. The van der Waals surface area contributed by atoms with Crippen molar-refractivity contribution in [1.82, 2.24) is 3.53 Å². The van der Waals surface area contributed by atoms with E-state index in [1.807, 2.05) is 0 Å². The van der Waals surface area contributed by atoms with Crippen LogP contribution in [0.2, 0.25) is 0 Å². The Hall–Kier alpha value is 0.650. The molecule has 1 aliphatic carbocycles. The number of halogens is 1. The summed E-state index contributed by atoms with van der Waals surface area (Å²) in [5.74, 6) is 0. The van der Waals surface area contributed by atoms with Crippen LogP contribution in [0.3, 0.4) is 0 Å². The molecule has 0 saturated heterocycles. The van der Waals surface area contributed by atoms with Crippen LogP contribution in [-0.2, 0) is 0 Å². The molecule has 0 radical (unpaired) electrons. The molecule has 0 aromatic heterocycles. The zero-order valence-electron chi connectivity index (χ0n) is 5.44. The van der Waals surface area contributed by atoms with Gasteiger partial charge in [-0.25, -0.2) is 0 Å². The van der Waals surface area contributed by atoms with E-state index < -0.39 is 0 Å². The lowest BCUT2D eigenvalue weighted by Crippen LogP contribution is -2.35. The van der Waals surface area contributed by atoms with Gasteiger partial charge in [-0.05, 0) is 19.3 Å². The van der Waals surface area contributed by atoms with Crippen molar-refractivity contribution in [3.05, 3.63) is 0 Å². The van der Waals surface area contributed by atoms with Gasteiger partial charge in [0.2, 0.25) is 0 Å². The maximum atomic E-state index is 5.76. The fourth-order valence-electron chi connectivity index (χ4n) is 1.33. The second-order valence-electron chi connectivity index (χ2n) is 2.73. The van der Waals surface area contributed by atoms with E-state index in [9.17, 15) is 0 Å². The minimum Gasteiger partial charge on any atom is -0.328 e. The number of hydrogen-bond acceptors (Lipinski definition) is 2. The summed E-state index contributed by atoms with van der Waals surface area (Å²) in [5, 5.41) is 0. The maximum absolute atomic E-state index is 5.76. The molecule has 2 atom stereocenters. The largest absolute Gasteiger partial charge is 0.328 e. The average molecular weight is 240 g/mol. The van der Waals surface area contributed by atoms with E-state index >= 15 is 0 Å². The van der Waals surface area contributed by atoms with Crippen LogP contribution in [0, 0.1) is 0 Å². The molecule has 1 aliphatic rings. The highest BCUT2D eigenvalue weighted by Gasteiger charge is 2.17. The normalized spacial score (nSPS) is 36.7. The van der Waals surface area contributed by atoms with Crippen LogP contribution in [0.4, 0.5) is 0 Å². The van der Waals surface area contributed by atoms with Crippen LogP contribution in [0.15, 0.2) is 0 Å². The first-order valence-corrected chi connectivity index (χ1v) is 4.52. The Kier molecular flexibility index (Phi) is 3.21. The van der Waals surface area contributed by atoms with Gasteiger partial charge in [0.25, 0.3) is 0 Å². The SMILES string of the molecule is NC1CCCC(NI)C1. The van der Waals surface area contributed by atoms with Gasteiger partial charge in [-0.1, -0.05) is 6.42 Å². The van der Waals surface area contributed by atoms with Gasteiger partial charge < -0.3 is 5.73 Å². The fraction of sp³-hybridized carbons (Fsp3) is 1.00. The smallest absolute Gasteiger partial charge is 0.0178 e. The second-order valence-corrected chi connectivity index (χ2v) is 3.36. The van der Waals surface area contributed by atoms with Crippen LogP contribution in [0.1, 0.15) is 25.7 Å². The third-order valence-electron chi connectivity index (χ3n) is 1.87. The molecule has 0 heterocycles. The molecular weight excluding hydrogens is 227 g/mol. The van der Waals surface area contributed by atoms with Crippen LogP contribution in [-0.4, -0.2) is 12.1 Å². The zero-order valence-corrected chi connectivity index (χ0v) is 7.60. The second kappa shape index (κ2) is 3.73. The van der Waals surface area contributed by atoms with Crippen molar-refractivity contribution in [3.63, 3.8) is 0 Å². The summed E-state index contributed by atoms with van der Waals surface area (Å²) in [6.45, 7) is 0. The van der Waals surface area contributed by atoms with Gasteiger partial charge in [-0.15, -0.1) is 0 Å². The van der Waals surface area contributed by atoms with Gasteiger partial charge in [0.15, 0.2) is 0 Å². The Bertz CT molecular complexity index is 87.1. The predicted octanol–water partition coefficient (Wildman–Crippen LogP) is 1.20. The highest BCUT2D eigenvalue weighted by molar-refractivity contribution is 14.1. The first-order chi connectivity index (χ1) is 4.33. The summed E-state index contributed by atoms with van der Waals surface area (Å²) in [6.07, 6.45) is 4.97. The highest BCUT2D eigenvalue weighted by Crippen LogP contribution is 2.17. The van der Waals surface area contributed by atoms with E-state index in [4.69, 9.17) is 5.73 Å². The molecule has 1 saturated carbocycles. The standard InChI is InChI=1S/C6H13IN2/c7-9-6-3-1-2-5(8)4-6/h5-6,9H,1-4,8H2. The predicted molar refractivity (Wildman–Crippen MR) is 47.4 cm³/mol. The summed E-state index contributed by atoms with van der Waals surface area (Å²) < 4.78 is 3.22. The lowest BCUT2D eigenvalue weighted by Gasteiger charge is -2.24. The molecule has 1 rings (SSSR count). The maximum Gasteiger partial charge on any atom is 0.0178 e. The zero-order chi connectivity index (χ0) is 6.69. The van der Waals surface area contributed by atoms with Crippen molar-refractivity contribution >= 4 is 22.9 Å². The molecule has 54 valence electrons. The first kappa shape index (κ1) is 7.75. The molecule has 0 amide bonds. The minimum atomic E-state index is 0.450. The minimum absolute atomic E-state index is 0.450. The van der Waals surface area contributed by atoms with Crippen molar-refractivity contribution in [2.45, 2.75) is 37.8 Å². The Morgan fingerprint density at radius 1 is 1.44 bits per heavy atom. The van der Waals surface area contributed by atoms with Gasteiger partial charge in [0.1, 0.15) is 0 Å². The summed E-state index contributed by atoms with van der Waals surface area (Å²) in [6, 6.07) is 1.13. The van der Waals surface area contributed by atoms with Gasteiger partial charge in [0, 0.05) is 34.9 Å². The van der Waals surface area contributed by atoms with Crippen molar-refractivity contribution in [2.24, 2.45) is 5.73 Å². The van der Waals surface area contributed by atoms with Crippen LogP contribution >= 0.6 is 22.9 Å². The molecule has 9 heavy (non-hydrogen) atoms. The van der Waals surface area contributed by atoms with Gasteiger partial charge in [-0.3, -0.25) is 3.53 Å². The fourth-order valence-corrected chi connectivity index (χ4v) is 1.89. The molecule has 0 spiro atoms. The van der Waals surface area contributed by atoms with E-state index in [2.05, 4.69) is 26.4 Å². The lowest BCUT2D eigenvalue weighted by molar-refractivity contribution is 0.383. The first-order valence-electron chi connectivity index (χ1n) is 3.44. The molecule has 0 aromatic rings. The quantitative estimate of drug-likeness (QED) is 0.533. The summed E-state index contributed by atoms with van der Waals surface area (Å²) in [7, 11) is 0. The van der Waals surface area contributed by atoms with E-state index in [1.165, 1.54) is 19.3 Å². The monoisotopic (exact) mass is 240 g/mol. The molecule has 3 N–H and O–H groups in total. The molecule has 1 fully saturated rings. The average Bonchev–Trinajstić information content (AvgIpc) is 1.88. The number of nitrogens with two attached hydrogens (primary N) is 1. The van der Waals surface area contributed by atoms with Crippen LogP contribution in [0.5, 0.6) is 0 Å².